The van der Waals surface area contributed by atoms with Crippen LogP contribution in [0.2, 0.25) is 0 Å². The third-order valence-electron chi connectivity index (χ3n) is 5.21. The first-order chi connectivity index (χ1) is 12.2. The lowest BCUT2D eigenvalue weighted by Crippen LogP contribution is -2.23. The molecule has 1 N–H and O–H groups in total. The lowest BCUT2D eigenvalue weighted by atomic mass is 9.83. The lowest BCUT2D eigenvalue weighted by molar-refractivity contribution is -0.112. The van der Waals surface area contributed by atoms with E-state index in [4.69, 9.17) is 0 Å². The number of aromatic amines is 1. The SMILES string of the molecule is CCCCCCCCC1=C(CC)c2[nH]c3ccccc3c2C(=O)C1=O. The highest BCUT2D eigenvalue weighted by molar-refractivity contribution is 6.54. The van der Waals surface area contributed by atoms with Gasteiger partial charge in [-0.1, -0.05) is 64.2 Å². The molecule has 0 amide bonds. The molecule has 0 bridgehead atoms. The molecule has 1 heterocycles. The number of unbranched alkanes of at least 4 members (excludes halogenated alkanes) is 5. The Morgan fingerprint density at radius 2 is 1.56 bits per heavy atom. The van der Waals surface area contributed by atoms with Crippen LogP contribution in [0.15, 0.2) is 29.8 Å². The Morgan fingerprint density at radius 1 is 0.840 bits per heavy atom. The molecule has 2 aromatic rings. The van der Waals surface area contributed by atoms with Gasteiger partial charge in [-0.3, -0.25) is 9.59 Å². The Kier molecular flexibility index (Phi) is 5.52. The summed E-state index contributed by atoms with van der Waals surface area (Å²) >= 11 is 0. The molecule has 1 aromatic heterocycles. The Balaban J connectivity index is 1.88. The summed E-state index contributed by atoms with van der Waals surface area (Å²) in [6.07, 6.45) is 8.58. The third-order valence-corrected chi connectivity index (χ3v) is 5.21. The van der Waals surface area contributed by atoms with E-state index >= 15 is 0 Å². The van der Waals surface area contributed by atoms with Crippen LogP contribution in [0.5, 0.6) is 0 Å². The van der Waals surface area contributed by atoms with Gasteiger partial charge in [0.2, 0.25) is 11.6 Å². The second-order valence-corrected chi connectivity index (χ2v) is 6.91. The fourth-order valence-corrected chi connectivity index (χ4v) is 3.88. The molecular formula is C22H27NO2. The number of allylic oxidation sites excluding steroid dienone is 2. The fraction of sp³-hybridized carbons (Fsp3) is 0.455. The fourth-order valence-electron chi connectivity index (χ4n) is 3.88. The number of hydrogen-bond acceptors (Lipinski definition) is 2. The van der Waals surface area contributed by atoms with Crippen molar-refractivity contribution < 1.29 is 9.59 Å². The van der Waals surface area contributed by atoms with Crippen LogP contribution in [-0.2, 0) is 4.79 Å². The van der Waals surface area contributed by atoms with E-state index < -0.39 is 0 Å². The number of ketones is 2. The molecule has 0 unspecified atom stereocenters. The van der Waals surface area contributed by atoms with Gasteiger partial charge in [0.05, 0.1) is 11.3 Å². The molecule has 3 heteroatoms. The summed E-state index contributed by atoms with van der Waals surface area (Å²) in [5, 5.41) is 0.861. The number of aromatic nitrogens is 1. The van der Waals surface area contributed by atoms with Crippen LogP contribution < -0.4 is 0 Å². The van der Waals surface area contributed by atoms with E-state index in [1.165, 1.54) is 25.7 Å². The molecule has 1 aliphatic carbocycles. The minimum atomic E-state index is -0.342. The van der Waals surface area contributed by atoms with Crippen LogP contribution in [0.3, 0.4) is 0 Å². The highest BCUT2D eigenvalue weighted by atomic mass is 16.2. The van der Waals surface area contributed by atoms with Gasteiger partial charge < -0.3 is 4.98 Å². The summed E-state index contributed by atoms with van der Waals surface area (Å²) in [7, 11) is 0. The van der Waals surface area contributed by atoms with Crippen molar-refractivity contribution in [1.29, 1.82) is 0 Å². The number of para-hydroxylation sites is 1. The van der Waals surface area contributed by atoms with Gasteiger partial charge in [0.1, 0.15) is 0 Å². The zero-order chi connectivity index (χ0) is 17.8. The van der Waals surface area contributed by atoms with Crippen molar-refractivity contribution >= 4 is 28.0 Å². The highest BCUT2D eigenvalue weighted by Gasteiger charge is 2.34. The van der Waals surface area contributed by atoms with E-state index in [0.29, 0.717) is 12.0 Å². The maximum atomic E-state index is 12.7. The first-order valence-electron chi connectivity index (χ1n) is 9.61. The standard InChI is InChI=1S/C22H27NO2/c1-3-5-6-7-8-9-12-16-15(4-2)20-19(22(25)21(16)24)17-13-10-11-14-18(17)23-20/h10-11,13-14,23H,3-9,12H2,1-2H3. The average molecular weight is 337 g/mol. The van der Waals surface area contributed by atoms with Crippen LogP contribution in [0.25, 0.3) is 16.5 Å². The Labute approximate surface area is 149 Å². The molecule has 3 nitrogen and oxygen atoms in total. The minimum absolute atomic E-state index is 0.289. The zero-order valence-electron chi connectivity index (χ0n) is 15.3. The molecule has 25 heavy (non-hydrogen) atoms. The van der Waals surface area contributed by atoms with E-state index in [9.17, 15) is 9.59 Å². The van der Waals surface area contributed by atoms with Gasteiger partial charge >= 0.3 is 0 Å². The van der Waals surface area contributed by atoms with Crippen molar-refractivity contribution in [2.24, 2.45) is 0 Å². The van der Waals surface area contributed by atoms with Gasteiger partial charge in [0.25, 0.3) is 0 Å². The first kappa shape index (κ1) is 17.7. The number of Topliss-reactive ketones (excluding diaryl/α,β-unsaturated/α-hetero) is 2. The van der Waals surface area contributed by atoms with Crippen molar-refractivity contribution in [3.05, 3.63) is 41.1 Å². The quantitative estimate of drug-likeness (QED) is 0.485. The van der Waals surface area contributed by atoms with E-state index in [1.54, 1.807) is 0 Å². The van der Waals surface area contributed by atoms with Crippen molar-refractivity contribution in [1.82, 2.24) is 4.98 Å². The van der Waals surface area contributed by atoms with Crippen molar-refractivity contribution in [3.8, 4) is 0 Å². The van der Waals surface area contributed by atoms with E-state index in [1.807, 2.05) is 24.3 Å². The minimum Gasteiger partial charge on any atom is -0.354 e. The maximum absolute atomic E-state index is 12.7. The highest BCUT2D eigenvalue weighted by Crippen LogP contribution is 2.37. The van der Waals surface area contributed by atoms with Crippen molar-refractivity contribution in [2.75, 3.05) is 0 Å². The maximum Gasteiger partial charge on any atom is 0.235 e. The van der Waals surface area contributed by atoms with Crippen LogP contribution in [0.4, 0.5) is 0 Å². The number of benzene rings is 1. The molecule has 3 rings (SSSR count). The Hall–Kier alpha value is -2.16. The molecule has 0 radical (unpaired) electrons. The van der Waals surface area contributed by atoms with Gasteiger partial charge in [-0.15, -0.1) is 0 Å². The van der Waals surface area contributed by atoms with Gasteiger partial charge in [0.15, 0.2) is 0 Å². The summed E-state index contributed by atoms with van der Waals surface area (Å²) < 4.78 is 0. The second-order valence-electron chi connectivity index (χ2n) is 6.91. The number of carbonyl (C=O) groups excluding carboxylic acids is 2. The summed E-state index contributed by atoms with van der Waals surface area (Å²) in [5.74, 6) is -0.631. The predicted octanol–water partition coefficient (Wildman–Crippen LogP) is 5.85. The monoisotopic (exact) mass is 337 g/mol. The summed E-state index contributed by atoms with van der Waals surface area (Å²) in [4.78, 5) is 28.9. The molecular weight excluding hydrogens is 310 g/mol. The van der Waals surface area contributed by atoms with Crippen molar-refractivity contribution in [2.45, 2.75) is 65.2 Å². The van der Waals surface area contributed by atoms with E-state index in [-0.39, 0.29) is 11.6 Å². The number of hydrogen-bond donors (Lipinski definition) is 1. The van der Waals surface area contributed by atoms with Crippen LogP contribution in [0.1, 0.15) is 81.3 Å². The number of fused-ring (bicyclic) bond motifs is 3. The van der Waals surface area contributed by atoms with Crippen LogP contribution >= 0.6 is 0 Å². The summed E-state index contributed by atoms with van der Waals surface area (Å²) in [6, 6.07) is 7.74. The number of nitrogens with one attached hydrogen (secondary N) is 1. The summed E-state index contributed by atoms with van der Waals surface area (Å²) in [5.41, 5.74) is 4.14. The normalized spacial score (nSPS) is 14.5. The molecule has 0 fully saturated rings. The number of H-pyrrole nitrogens is 1. The van der Waals surface area contributed by atoms with E-state index in [2.05, 4.69) is 18.8 Å². The van der Waals surface area contributed by atoms with Gasteiger partial charge in [-0.25, -0.2) is 0 Å². The molecule has 0 saturated carbocycles. The molecule has 1 aromatic carbocycles. The van der Waals surface area contributed by atoms with Crippen LogP contribution in [-0.4, -0.2) is 16.6 Å². The lowest BCUT2D eigenvalue weighted by Gasteiger charge is -2.18. The molecule has 132 valence electrons. The Bertz CT molecular complexity index is 826. The van der Waals surface area contributed by atoms with E-state index in [0.717, 1.165) is 47.0 Å². The average Bonchev–Trinajstić information content (AvgIpc) is 3.01. The Morgan fingerprint density at radius 3 is 2.32 bits per heavy atom. The predicted molar refractivity (Wildman–Crippen MR) is 103 cm³/mol. The topological polar surface area (TPSA) is 49.9 Å². The molecule has 1 aliphatic rings. The molecule has 0 atom stereocenters. The van der Waals surface area contributed by atoms with Crippen molar-refractivity contribution in [3.63, 3.8) is 0 Å². The first-order valence-corrected chi connectivity index (χ1v) is 9.61. The van der Waals surface area contributed by atoms with Gasteiger partial charge in [-0.2, -0.15) is 0 Å². The number of rotatable bonds is 8. The zero-order valence-corrected chi connectivity index (χ0v) is 15.3. The molecule has 0 aliphatic heterocycles. The molecule has 0 saturated heterocycles. The van der Waals surface area contributed by atoms with Crippen LogP contribution in [0, 0.1) is 0 Å². The summed E-state index contributed by atoms with van der Waals surface area (Å²) in [6.45, 7) is 4.28. The second kappa shape index (κ2) is 7.81. The van der Waals surface area contributed by atoms with Gasteiger partial charge in [-0.05, 0) is 30.9 Å². The van der Waals surface area contributed by atoms with Gasteiger partial charge in [0, 0.05) is 16.5 Å². The largest absolute Gasteiger partial charge is 0.354 e. The smallest absolute Gasteiger partial charge is 0.235 e. The number of carbonyl (C=O) groups is 2. The third kappa shape index (κ3) is 3.33. The molecule has 0 spiro atoms.